The highest BCUT2D eigenvalue weighted by Gasteiger charge is 2.17. The van der Waals surface area contributed by atoms with Gasteiger partial charge in [-0.05, 0) is 36.9 Å². The summed E-state index contributed by atoms with van der Waals surface area (Å²) in [6, 6.07) is 0.378. The van der Waals surface area contributed by atoms with Crippen LogP contribution in [-0.2, 0) is 4.79 Å². The number of aromatic nitrogens is 2. The Labute approximate surface area is 123 Å². The number of carboxylic acid groups (broad SMARTS) is 1. The van der Waals surface area contributed by atoms with E-state index in [1.54, 1.807) is 19.2 Å². The molecule has 2 rings (SSSR count). The molecular weight excluding hydrogens is 278 g/mol. The van der Waals surface area contributed by atoms with E-state index < -0.39 is 5.97 Å². The average Bonchev–Trinajstić information content (AvgIpc) is 2.90. The molecule has 1 aromatic rings. The maximum Gasteiger partial charge on any atom is 0.331 e. The van der Waals surface area contributed by atoms with Crippen molar-refractivity contribution in [2.75, 3.05) is 5.32 Å². The van der Waals surface area contributed by atoms with Crippen LogP contribution < -0.4 is 5.32 Å². The molecule has 0 bridgehead atoms. The third-order valence-electron chi connectivity index (χ3n) is 3.47. The molecule has 2 N–H and O–H groups in total. The lowest BCUT2D eigenvalue weighted by Crippen LogP contribution is -2.16. The fourth-order valence-corrected chi connectivity index (χ4v) is 2.49. The lowest BCUT2D eigenvalue weighted by atomic mass is 10.1. The van der Waals surface area contributed by atoms with Gasteiger partial charge in [0.2, 0.25) is 5.28 Å². The second-order valence-electron chi connectivity index (χ2n) is 4.90. The zero-order chi connectivity index (χ0) is 14.5. The van der Waals surface area contributed by atoms with Crippen molar-refractivity contribution in [3.05, 3.63) is 22.6 Å². The van der Waals surface area contributed by atoms with Crippen LogP contribution in [-0.4, -0.2) is 27.1 Å². The van der Waals surface area contributed by atoms with Crippen molar-refractivity contribution >= 4 is 29.5 Å². The predicted octanol–water partition coefficient (Wildman–Crippen LogP) is 3.36. The minimum absolute atomic E-state index is 0.163. The monoisotopic (exact) mass is 295 g/mol. The molecule has 20 heavy (non-hydrogen) atoms. The van der Waals surface area contributed by atoms with Crippen LogP contribution in [0.5, 0.6) is 0 Å². The number of nitrogens with zero attached hydrogens (tertiary/aromatic N) is 2. The molecule has 1 heterocycles. The second kappa shape index (κ2) is 6.70. The normalized spacial score (nSPS) is 16.4. The van der Waals surface area contributed by atoms with Gasteiger partial charge in [0.15, 0.2) is 0 Å². The van der Waals surface area contributed by atoms with Crippen LogP contribution in [0.2, 0.25) is 5.28 Å². The summed E-state index contributed by atoms with van der Waals surface area (Å²) in [5.41, 5.74) is 0.992. The first kappa shape index (κ1) is 14.8. The van der Waals surface area contributed by atoms with E-state index in [0.29, 0.717) is 29.4 Å². The van der Waals surface area contributed by atoms with Crippen molar-refractivity contribution in [1.82, 2.24) is 9.97 Å². The van der Waals surface area contributed by atoms with Crippen molar-refractivity contribution in [3.63, 3.8) is 0 Å². The zero-order valence-electron chi connectivity index (χ0n) is 11.4. The van der Waals surface area contributed by atoms with Gasteiger partial charge >= 0.3 is 5.97 Å². The smallest absolute Gasteiger partial charge is 0.331 e. The number of hydrogen-bond donors (Lipinski definition) is 2. The van der Waals surface area contributed by atoms with E-state index in [1.807, 2.05) is 0 Å². The first-order valence-electron chi connectivity index (χ1n) is 6.83. The van der Waals surface area contributed by atoms with E-state index in [0.717, 1.165) is 12.8 Å². The van der Waals surface area contributed by atoms with E-state index >= 15 is 0 Å². The molecule has 0 saturated heterocycles. The topological polar surface area (TPSA) is 75.1 Å². The number of halogens is 1. The molecule has 1 aliphatic carbocycles. The van der Waals surface area contributed by atoms with Gasteiger partial charge in [0.1, 0.15) is 5.82 Å². The molecule has 108 valence electrons. The SMILES string of the molecule is CCC(=Cc1cnc(Cl)nc1NC1CCCC1)C(=O)O. The largest absolute Gasteiger partial charge is 0.478 e. The minimum Gasteiger partial charge on any atom is -0.478 e. The van der Waals surface area contributed by atoms with E-state index in [4.69, 9.17) is 16.7 Å². The van der Waals surface area contributed by atoms with Gasteiger partial charge in [-0.1, -0.05) is 19.8 Å². The van der Waals surface area contributed by atoms with Crippen LogP contribution in [0, 0.1) is 0 Å². The van der Waals surface area contributed by atoms with Gasteiger partial charge in [0, 0.05) is 23.4 Å². The van der Waals surface area contributed by atoms with Crippen molar-refractivity contribution < 1.29 is 9.90 Å². The van der Waals surface area contributed by atoms with E-state index in [1.165, 1.54) is 12.8 Å². The number of aliphatic carboxylic acids is 1. The molecule has 1 saturated carbocycles. The second-order valence-corrected chi connectivity index (χ2v) is 5.24. The highest BCUT2D eigenvalue weighted by atomic mass is 35.5. The quantitative estimate of drug-likeness (QED) is 0.643. The van der Waals surface area contributed by atoms with Gasteiger partial charge in [-0.25, -0.2) is 14.8 Å². The fourth-order valence-electron chi connectivity index (χ4n) is 2.36. The Balaban J connectivity index is 2.29. The Morgan fingerprint density at radius 3 is 2.85 bits per heavy atom. The Bertz CT molecular complexity index is 525. The van der Waals surface area contributed by atoms with Crippen LogP contribution in [0.15, 0.2) is 11.8 Å². The molecule has 0 aromatic carbocycles. The summed E-state index contributed by atoms with van der Waals surface area (Å²) in [4.78, 5) is 19.2. The van der Waals surface area contributed by atoms with Crippen LogP contribution >= 0.6 is 11.6 Å². The molecule has 0 radical (unpaired) electrons. The number of carbonyl (C=O) groups is 1. The summed E-state index contributed by atoms with van der Waals surface area (Å²) in [7, 11) is 0. The lowest BCUT2D eigenvalue weighted by Gasteiger charge is -2.14. The molecule has 1 aliphatic rings. The summed E-state index contributed by atoms with van der Waals surface area (Å²) in [5, 5.41) is 12.6. The van der Waals surface area contributed by atoms with E-state index in [9.17, 15) is 4.79 Å². The third-order valence-corrected chi connectivity index (χ3v) is 3.65. The van der Waals surface area contributed by atoms with Crippen molar-refractivity contribution in [3.8, 4) is 0 Å². The first-order valence-corrected chi connectivity index (χ1v) is 7.21. The average molecular weight is 296 g/mol. The molecular formula is C14H18ClN3O2. The molecule has 0 amide bonds. The van der Waals surface area contributed by atoms with Crippen molar-refractivity contribution in [2.45, 2.75) is 45.1 Å². The maximum atomic E-state index is 11.1. The number of nitrogens with one attached hydrogen (secondary N) is 1. The maximum absolute atomic E-state index is 11.1. The minimum atomic E-state index is -0.922. The van der Waals surface area contributed by atoms with Crippen molar-refractivity contribution in [1.29, 1.82) is 0 Å². The molecule has 0 unspecified atom stereocenters. The third kappa shape index (κ3) is 3.70. The van der Waals surface area contributed by atoms with Crippen LogP contribution in [0.25, 0.3) is 6.08 Å². The molecule has 0 atom stereocenters. The number of hydrogen-bond acceptors (Lipinski definition) is 4. The standard InChI is InChI=1S/C14H18ClN3O2/c1-2-9(13(19)20)7-10-8-16-14(15)18-12(10)17-11-5-3-4-6-11/h7-8,11H,2-6H2,1H3,(H,19,20)(H,16,17,18). The molecule has 0 spiro atoms. The van der Waals surface area contributed by atoms with E-state index in [-0.39, 0.29) is 5.28 Å². The molecule has 0 aliphatic heterocycles. The predicted molar refractivity (Wildman–Crippen MR) is 78.8 cm³/mol. The van der Waals surface area contributed by atoms with Crippen molar-refractivity contribution in [2.24, 2.45) is 0 Å². The number of carboxylic acids is 1. The Morgan fingerprint density at radius 1 is 1.55 bits per heavy atom. The highest BCUT2D eigenvalue weighted by molar-refractivity contribution is 6.28. The lowest BCUT2D eigenvalue weighted by molar-refractivity contribution is -0.132. The van der Waals surface area contributed by atoms with Gasteiger partial charge in [0.05, 0.1) is 0 Å². The zero-order valence-corrected chi connectivity index (χ0v) is 12.2. The summed E-state index contributed by atoms with van der Waals surface area (Å²) >= 11 is 5.84. The first-order chi connectivity index (χ1) is 9.60. The Kier molecular flexibility index (Phi) is 4.95. The Morgan fingerprint density at radius 2 is 2.25 bits per heavy atom. The van der Waals surface area contributed by atoms with Gasteiger partial charge in [-0.3, -0.25) is 0 Å². The van der Waals surface area contributed by atoms with Gasteiger partial charge in [-0.2, -0.15) is 0 Å². The van der Waals surface area contributed by atoms with E-state index in [2.05, 4.69) is 15.3 Å². The molecule has 1 fully saturated rings. The molecule has 1 aromatic heterocycles. The highest BCUT2D eigenvalue weighted by Crippen LogP contribution is 2.25. The Hall–Kier alpha value is -1.62. The van der Waals surface area contributed by atoms with Crippen LogP contribution in [0.4, 0.5) is 5.82 Å². The number of rotatable bonds is 5. The van der Waals surface area contributed by atoms with Crippen LogP contribution in [0.3, 0.4) is 0 Å². The van der Waals surface area contributed by atoms with Gasteiger partial charge in [-0.15, -0.1) is 0 Å². The van der Waals surface area contributed by atoms with Gasteiger partial charge < -0.3 is 10.4 Å². The fraction of sp³-hybridized carbons (Fsp3) is 0.500. The summed E-state index contributed by atoms with van der Waals surface area (Å²) in [6.07, 6.45) is 8.23. The van der Waals surface area contributed by atoms with Gasteiger partial charge in [0.25, 0.3) is 0 Å². The summed E-state index contributed by atoms with van der Waals surface area (Å²) in [5.74, 6) is -0.307. The van der Waals surface area contributed by atoms with Crippen LogP contribution in [0.1, 0.15) is 44.6 Å². The summed E-state index contributed by atoms with van der Waals surface area (Å²) in [6.45, 7) is 1.81. The summed E-state index contributed by atoms with van der Waals surface area (Å²) < 4.78 is 0. The molecule has 5 nitrogen and oxygen atoms in total. The number of anilines is 1. The molecule has 6 heteroatoms.